The lowest BCUT2D eigenvalue weighted by molar-refractivity contribution is 0.594. The highest BCUT2D eigenvalue weighted by Gasteiger charge is 2.37. The molecule has 1 aliphatic rings. The van der Waals surface area contributed by atoms with Crippen molar-refractivity contribution in [3.05, 3.63) is 68.7 Å². The van der Waals surface area contributed by atoms with Crippen LogP contribution in [0.2, 0.25) is 5.02 Å². The largest absolute Gasteiger partial charge is 0.382 e. The molecule has 0 saturated heterocycles. The van der Waals surface area contributed by atoms with Crippen molar-refractivity contribution in [2.75, 3.05) is 16.8 Å². The molecule has 0 bridgehead atoms. The minimum atomic E-state index is -0.588. The second-order valence-electron chi connectivity index (χ2n) is 8.27. The number of anilines is 3. The molecule has 176 valence electrons. The summed E-state index contributed by atoms with van der Waals surface area (Å²) >= 11 is 6.36. The molecule has 0 unspecified atom stereocenters. The zero-order chi connectivity index (χ0) is 24.9. The number of nitrogen functional groups attached to an aromatic ring is 2. The van der Waals surface area contributed by atoms with Crippen LogP contribution in [0.25, 0.3) is 16.6 Å². The Labute approximate surface area is 203 Å². The van der Waals surface area contributed by atoms with Crippen LogP contribution >= 0.6 is 11.6 Å². The lowest BCUT2D eigenvalue weighted by Gasteiger charge is -2.24. The average molecular weight is 492 g/mol. The van der Waals surface area contributed by atoms with Crippen molar-refractivity contribution in [2.45, 2.75) is 25.8 Å². The number of nitriles is 1. The zero-order valence-corrected chi connectivity index (χ0v) is 19.2. The maximum atomic E-state index is 14.5. The van der Waals surface area contributed by atoms with Gasteiger partial charge in [-0.2, -0.15) is 15.2 Å². The van der Waals surface area contributed by atoms with E-state index in [2.05, 4.69) is 20.3 Å². The topological polar surface area (TPSA) is 161 Å². The Morgan fingerprint density at radius 3 is 2.74 bits per heavy atom. The fraction of sp³-hybridized carbons (Fsp3) is 0.217. The number of halogens is 2. The van der Waals surface area contributed by atoms with Gasteiger partial charge in [0.25, 0.3) is 5.56 Å². The molecule has 1 saturated carbocycles. The number of rotatable bonds is 5. The predicted molar refractivity (Wildman–Crippen MR) is 129 cm³/mol. The first-order valence-electron chi connectivity index (χ1n) is 10.7. The minimum Gasteiger partial charge on any atom is -0.382 e. The fourth-order valence-electron chi connectivity index (χ4n) is 4.04. The van der Waals surface area contributed by atoms with Crippen LogP contribution in [-0.2, 0) is 0 Å². The number of pyridine rings is 1. The van der Waals surface area contributed by atoms with Gasteiger partial charge in [-0.05, 0) is 37.8 Å². The van der Waals surface area contributed by atoms with Gasteiger partial charge in [0.15, 0.2) is 5.82 Å². The number of aromatic nitrogens is 5. The summed E-state index contributed by atoms with van der Waals surface area (Å²) in [6.07, 6.45) is 4.14. The van der Waals surface area contributed by atoms with Crippen molar-refractivity contribution in [2.24, 2.45) is 5.92 Å². The molecule has 35 heavy (non-hydrogen) atoms. The summed E-state index contributed by atoms with van der Waals surface area (Å²) in [6.45, 7) is 1.55. The highest BCUT2D eigenvalue weighted by Crippen LogP contribution is 2.43. The number of nitrogens with one attached hydrogen (secondary N) is 1. The quantitative estimate of drug-likeness (QED) is 0.380. The summed E-state index contributed by atoms with van der Waals surface area (Å²) in [6, 6.07) is 6.36. The van der Waals surface area contributed by atoms with E-state index >= 15 is 0 Å². The number of nitrogens with zero attached hydrogens (tertiary/aromatic N) is 6. The summed E-state index contributed by atoms with van der Waals surface area (Å²) in [7, 11) is 0. The van der Waals surface area contributed by atoms with Crippen molar-refractivity contribution >= 4 is 40.1 Å². The highest BCUT2D eigenvalue weighted by molar-refractivity contribution is 6.35. The van der Waals surface area contributed by atoms with Crippen molar-refractivity contribution in [3.63, 3.8) is 0 Å². The molecule has 1 atom stereocenters. The van der Waals surface area contributed by atoms with Crippen LogP contribution in [0, 0.1) is 30.0 Å². The lowest BCUT2D eigenvalue weighted by atomic mass is 10.1. The van der Waals surface area contributed by atoms with Gasteiger partial charge >= 0.3 is 0 Å². The monoisotopic (exact) mass is 491 g/mol. The SMILES string of the molecule is Cc1c(F)cncc1-n1c([C@@H](Nc2nc(N)nc(N)c2C#N)C2CC2)nc2cccc(Cl)c2c1=O. The van der Waals surface area contributed by atoms with Gasteiger partial charge in [-0.15, -0.1) is 0 Å². The first-order valence-corrected chi connectivity index (χ1v) is 11.1. The summed E-state index contributed by atoms with van der Waals surface area (Å²) in [5.74, 6) is -0.288. The second-order valence-corrected chi connectivity index (χ2v) is 8.68. The molecule has 0 radical (unpaired) electrons. The minimum absolute atomic E-state index is 0.0196. The highest BCUT2D eigenvalue weighted by atomic mass is 35.5. The summed E-state index contributed by atoms with van der Waals surface area (Å²) in [5, 5.41) is 13.2. The van der Waals surface area contributed by atoms with Crippen LogP contribution in [-0.4, -0.2) is 24.5 Å². The smallest absolute Gasteiger partial charge is 0.267 e. The van der Waals surface area contributed by atoms with Crippen molar-refractivity contribution in [1.29, 1.82) is 5.26 Å². The van der Waals surface area contributed by atoms with Crippen LogP contribution in [0.1, 0.15) is 35.8 Å². The third-order valence-corrected chi connectivity index (χ3v) is 6.29. The molecule has 1 aromatic carbocycles. The fourth-order valence-corrected chi connectivity index (χ4v) is 4.29. The van der Waals surface area contributed by atoms with Crippen LogP contribution in [0.15, 0.2) is 35.4 Å². The first-order chi connectivity index (χ1) is 16.8. The maximum Gasteiger partial charge on any atom is 0.267 e. The van der Waals surface area contributed by atoms with E-state index in [0.717, 1.165) is 19.0 Å². The summed E-state index contributed by atoms with van der Waals surface area (Å²) in [5.41, 5.74) is 12.0. The van der Waals surface area contributed by atoms with Gasteiger partial charge in [0.1, 0.15) is 29.1 Å². The number of hydrogen-bond donors (Lipinski definition) is 3. The van der Waals surface area contributed by atoms with E-state index in [0.29, 0.717) is 11.3 Å². The molecule has 5 N–H and O–H groups in total. The number of fused-ring (bicyclic) bond motifs is 1. The lowest BCUT2D eigenvalue weighted by Crippen LogP contribution is -2.30. The van der Waals surface area contributed by atoms with Crippen molar-refractivity contribution in [3.8, 4) is 11.8 Å². The van der Waals surface area contributed by atoms with E-state index in [1.54, 1.807) is 25.1 Å². The van der Waals surface area contributed by atoms with E-state index < -0.39 is 17.4 Å². The van der Waals surface area contributed by atoms with Gasteiger partial charge in [-0.25, -0.2) is 9.37 Å². The van der Waals surface area contributed by atoms with E-state index in [-0.39, 0.29) is 50.7 Å². The van der Waals surface area contributed by atoms with Crippen molar-refractivity contribution in [1.82, 2.24) is 24.5 Å². The number of benzene rings is 1. The molecule has 1 fully saturated rings. The van der Waals surface area contributed by atoms with E-state index in [1.807, 2.05) is 6.07 Å². The van der Waals surface area contributed by atoms with Crippen LogP contribution in [0.4, 0.5) is 22.0 Å². The molecular weight excluding hydrogens is 473 g/mol. The number of nitrogens with two attached hydrogens (primary N) is 2. The Morgan fingerprint density at radius 2 is 2.03 bits per heavy atom. The van der Waals surface area contributed by atoms with Gasteiger partial charge in [0.05, 0.1) is 40.0 Å². The van der Waals surface area contributed by atoms with Gasteiger partial charge < -0.3 is 16.8 Å². The molecule has 3 aromatic heterocycles. The number of hydrogen-bond acceptors (Lipinski definition) is 9. The average Bonchev–Trinajstić information content (AvgIpc) is 3.65. The Hall–Kier alpha value is -4.30. The van der Waals surface area contributed by atoms with Crippen molar-refractivity contribution < 1.29 is 4.39 Å². The molecule has 0 amide bonds. The Balaban J connectivity index is 1.80. The first kappa shape index (κ1) is 22.5. The third-order valence-electron chi connectivity index (χ3n) is 5.97. The van der Waals surface area contributed by atoms with Crippen LogP contribution < -0.4 is 22.3 Å². The summed E-state index contributed by atoms with van der Waals surface area (Å²) < 4.78 is 15.8. The van der Waals surface area contributed by atoms with Gasteiger partial charge in [0, 0.05) is 5.56 Å². The molecule has 0 aliphatic heterocycles. The zero-order valence-electron chi connectivity index (χ0n) is 18.5. The van der Waals surface area contributed by atoms with E-state index in [4.69, 9.17) is 28.1 Å². The summed E-state index contributed by atoms with van der Waals surface area (Å²) in [4.78, 5) is 30.5. The standard InChI is InChI=1S/C23H19ClFN9O/c1-10-14(25)8-29-9-16(10)34-21(30-15-4-2-3-13(24)17(15)22(34)35)18(11-5-6-11)31-20-12(7-26)19(27)32-23(28)33-20/h2-4,8-9,11,18H,5-6H2,1H3,(H5,27,28,31,32,33)/t18-/m0/s1. The molecular formula is C23H19ClFN9O. The van der Waals surface area contributed by atoms with Gasteiger partial charge in [0.2, 0.25) is 5.95 Å². The molecule has 4 aromatic rings. The van der Waals surface area contributed by atoms with E-state index in [1.165, 1.54) is 10.8 Å². The maximum absolute atomic E-state index is 14.5. The Bertz CT molecular complexity index is 1590. The predicted octanol–water partition coefficient (Wildman–Crippen LogP) is 3.27. The molecule has 5 rings (SSSR count). The Morgan fingerprint density at radius 1 is 1.26 bits per heavy atom. The molecule has 1 aliphatic carbocycles. The van der Waals surface area contributed by atoms with Gasteiger partial charge in [-0.1, -0.05) is 17.7 Å². The third kappa shape index (κ3) is 3.87. The van der Waals surface area contributed by atoms with Gasteiger partial charge in [-0.3, -0.25) is 14.3 Å². The van der Waals surface area contributed by atoms with E-state index in [9.17, 15) is 14.4 Å². The molecule has 3 heterocycles. The molecule has 10 nitrogen and oxygen atoms in total. The Kier molecular flexibility index (Phi) is 5.45. The second kappa shape index (κ2) is 8.48. The molecule has 12 heteroatoms. The van der Waals surface area contributed by atoms with Crippen LogP contribution in [0.5, 0.6) is 0 Å². The normalized spacial score (nSPS) is 14.0. The molecule has 0 spiro atoms. The van der Waals surface area contributed by atoms with Crippen LogP contribution in [0.3, 0.4) is 0 Å².